The van der Waals surface area contributed by atoms with E-state index >= 15 is 0 Å². The molecule has 11 heteroatoms. The zero-order valence-corrected chi connectivity index (χ0v) is 31.3. The van der Waals surface area contributed by atoms with Gasteiger partial charge in [-0.05, 0) is 107 Å². The lowest BCUT2D eigenvalue weighted by Crippen LogP contribution is -2.54. The van der Waals surface area contributed by atoms with Crippen LogP contribution in [0, 0.1) is 0 Å². The van der Waals surface area contributed by atoms with Crippen molar-refractivity contribution in [2.75, 3.05) is 18.0 Å². The Balaban J connectivity index is 0.739. The minimum Gasteiger partial charge on any atom is -0.508 e. The van der Waals surface area contributed by atoms with Crippen molar-refractivity contribution in [1.82, 2.24) is 20.1 Å². The molecule has 0 saturated carbocycles. The Morgan fingerprint density at radius 3 is 2.18 bits per heavy atom. The molecule has 0 bridgehead atoms. The average molecular weight is 760 g/mol. The summed E-state index contributed by atoms with van der Waals surface area (Å²) in [6, 6.07) is 31.8. The molecule has 11 nitrogen and oxygen atoms in total. The third-order valence-electron chi connectivity index (χ3n) is 12.3. The molecule has 5 aliphatic rings. The molecule has 57 heavy (non-hydrogen) atoms. The summed E-state index contributed by atoms with van der Waals surface area (Å²) in [5, 5.41) is 12.4. The van der Waals surface area contributed by atoms with Crippen LogP contribution in [0.25, 0.3) is 0 Å². The lowest BCUT2D eigenvalue weighted by Gasteiger charge is -2.39. The molecule has 1 aromatic heterocycles. The second-order valence-electron chi connectivity index (χ2n) is 15.9. The molecule has 4 amide bonds. The Labute approximate surface area is 329 Å². The Bertz CT molecular complexity index is 2380. The number of amides is 4. The SMILES string of the molecule is O=C1CCC(N2C(=O)c3cc4c(cc3C2=O)CN(c2ccc(CN3CC(Oc5ccc([C@@H]6c7ccc(O)cc7CC[C@@H]6c6ccccc6)cc5)C3)cn2)C4)C(=O)N1. The number of pyridine rings is 1. The highest BCUT2D eigenvalue weighted by atomic mass is 16.5. The number of ether oxygens (including phenoxy) is 1. The summed E-state index contributed by atoms with van der Waals surface area (Å²) in [6.07, 6.45) is 4.21. The van der Waals surface area contributed by atoms with Gasteiger partial charge in [0, 0.05) is 51.3 Å². The number of aromatic nitrogens is 1. The number of phenolic OH excluding ortho intramolecular Hbond substituents is 1. The van der Waals surface area contributed by atoms with Crippen LogP contribution in [0.1, 0.15) is 90.8 Å². The van der Waals surface area contributed by atoms with Crippen LogP contribution < -0.4 is 15.0 Å². The van der Waals surface area contributed by atoms with Crippen LogP contribution in [0.5, 0.6) is 11.5 Å². The molecule has 5 aromatic rings. The monoisotopic (exact) mass is 759 g/mol. The molecule has 4 aromatic carbocycles. The van der Waals surface area contributed by atoms with Crippen molar-refractivity contribution in [3.8, 4) is 11.5 Å². The van der Waals surface area contributed by atoms with Crippen LogP contribution in [0.3, 0.4) is 0 Å². The van der Waals surface area contributed by atoms with Gasteiger partial charge in [0.1, 0.15) is 29.5 Å². The normalized spacial score (nSPS) is 21.9. The van der Waals surface area contributed by atoms with Crippen LogP contribution >= 0.6 is 0 Å². The topological polar surface area (TPSA) is 132 Å². The van der Waals surface area contributed by atoms with E-state index in [0.29, 0.717) is 35.9 Å². The number of hydrogen-bond acceptors (Lipinski definition) is 9. The van der Waals surface area contributed by atoms with Gasteiger partial charge in [-0.15, -0.1) is 0 Å². The van der Waals surface area contributed by atoms with Crippen molar-refractivity contribution in [2.24, 2.45) is 0 Å². The first kappa shape index (κ1) is 35.1. The van der Waals surface area contributed by atoms with Gasteiger partial charge < -0.3 is 14.7 Å². The molecular formula is C46H41N5O6. The number of imide groups is 2. The number of carbonyl (C=O) groups excluding carboxylic acids is 4. The van der Waals surface area contributed by atoms with Crippen molar-refractivity contribution >= 4 is 29.4 Å². The molecule has 2 fully saturated rings. The number of phenols is 1. The molecular weight excluding hydrogens is 719 g/mol. The maximum absolute atomic E-state index is 13.3. The zero-order valence-electron chi connectivity index (χ0n) is 31.3. The smallest absolute Gasteiger partial charge is 0.262 e. The minimum absolute atomic E-state index is 0.0890. The van der Waals surface area contributed by atoms with Gasteiger partial charge in [-0.3, -0.25) is 34.3 Å². The Morgan fingerprint density at radius 2 is 1.49 bits per heavy atom. The maximum Gasteiger partial charge on any atom is 0.262 e. The predicted molar refractivity (Wildman–Crippen MR) is 211 cm³/mol. The van der Waals surface area contributed by atoms with E-state index in [9.17, 15) is 24.3 Å². The number of likely N-dealkylation sites (tertiary alicyclic amines) is 1. The fourth-order valence-electron chi connectivity index (χ4n) is 9.44. The van der Waals surface area contributed by atoms with Gasteiger partial charge in [-0.1, -0.05) is 54.6 Å². The molecule has 2 saturated heterocycles. The van der Waals surface area contributed by atoms with E-state index in [4.69, 9.17) is 9.72 Å². The van der Waals surface area contributed by atoms with Crippen molar-refractivity contribution in [3.05, 3.63) is 153 Å². The Hall–Kier alpha value is -6.33. The van der Waals surface area contributed by atoms with E-state index in [-0.39, 0.29) is 24.9 Å². The van der Waals surface area contributed by atoms with Crippen molar-refractivity contribution in [2.45, 2.75) is 69.3 Å². The lowest BCUT2D eigenvalue weighted by molar-refractivity contribution is -0.136. The summed E-state index contributed by atoms with van der Waals surface area (Å²) < 4.78 is 6.39. The summed E-state index contributed by atoms with van der Waals surface area (Å²) in [6.45, 7) is 3.51. The third kappa shape index (κ3) is 6.41. The summed E-state index contributed by atoms with van der Waals surface area (Å²) in [5.41, 5.74) is 8.69. The van der Waals surface area contributed by atoms with Crippen LogP contribution in [-0.2, 0) is 35.6 Å². The molecule has 0 radical (unpaired) electrons. The number of hydrogen-bond donors (Lipinski definition) is 2. The van der Waals surface area contributed by atoms with E-state index in [1.807, 2.05) is 18.3 Å². The molecule has 0 spiro atoms. The van der Waals surface area contributed by atoms with E-state index in [1.54, 1.807) is 18.2 Å². The van der Waals surface area contributed by atoms with Gasteiger partial charge in [0.15, 0.2) is 0 Å². The number of piperidine rings is 1. The Morgan fingerprint density at radius 1 is 0.754 bits per heavy atom. The fraction of sp³-hybridized carbons (Fsp3) is 0.283. The molecule has 10 rings (SSSR count). The predicted octanol–water partition coefficient (Wildman–Crippen LogP) is 5.83. The van der Waals surface area contributed by atoms with Gasteiger partial charge in [-0.25, -0.2) is 4.98 Å². The van der Waals surface area contributed by atoms with Crippen molar-refractivity contribution < 1.29 is 29.0 Å². The quantitative estimate of drug-likeness (QED) is 0.188. The maximum atomic E-state index is 13.3. The number of benzene rings is 4. The summed E-state index contributed by atoms with van der Waals surface area (Å²) in [5.74, 6) is 0.558. The molecule has 1 aliphatic carbocycles. The number of nitrogens with zero attached hydrogens (tertiary/aromatic N) is 4. The summed E-state index contributed by atoms with van der Waals surface area (Å²) >= 11 is 0. The first-order valence-corrected chi connectivity index (χ1v) is 19.7. The molecule has 1 unspecified atom stereocenters. The largest absolute Gasteiger partial charge is 0.508 e. The number of aryl methyl sites for hydroxylation is 1. The molecule has 286 valence electrons. The van der Waals surface area contributed by atoms with E-state index in [1.165, 1.54) is 22.3 Å². The minimum atomic E-state index is -0.977. The van der Waals surface area contributed by atoms with Crippen LogP contribution in [0.15, 0.2) is 103 Å². The number of anilines is 1. The van der Waals surface area contributed by atoms with Crippen LogP contribution in [0.4, 0.5) is 5.82 Å². The standard InChI is InChI=1S/C46H41N5O6/c52-33-10-14-37-30(18-33)9-13-36(28-4-2-1-3-5-28)43(37)29-7-11-34(12-8-29)57-35-25-49(26-35)22-27-6-16-41(47-21-27)50-23-31-19-38-39(20-32(31)24-50)46(56)51(45(38)55)40-15-17-42(53)48-44(40)54/h1-8,10-12,14,16,18-21,35-36,40,43,52H,9,13,15,17,22-26H2,(H,48,53,54)/t36-,40?,43+/m1/s1. The number of fused-ring (bicyclic) bond motifs is 3. The third-order valence-corrected chi connectivity index (χ3v) is 12.3. The van der Waals surface area contributed by atoms with Crippen LogP contribution in [0.2, 0.25) is 0 Å². The molecule has 5 heterocycles. The first-order valence-electron chi connectivity index (χ1n) is 19.7. The average Bonchev–Trinajstić information content (AvgIpc) is 3.73. The molecule has 2 N–H and O–H groups in total. The van der Waals surface area contributed by atoms with Gasteiger partial charge >= 0.3 is 0 Å². The first-order chi connectivity index (χ1) is 27.8. The van der Waals surface area contributed by atoms with Gasteiger partial charge in [0.05, 0.1) is 11.1 Å². The summed E-state index contributed by atoms with van der Waals surface area (Å²) in [4.78, 5) is 60.9. The number of nitrogens with one attached hydrogen (secondary N) is 1. The number of carbonyl (C=O) groups is 4. The Kier molecular flexibility index (Phi) is 8.62. The fourth-order valence-corrected chi connectivity index (χ4v) is 9.44. The van der Waals surface area contributed by atoms with E-state index < -0.39 is 29.7 Å². The van der Waals surface area contributed by atoms with Crippen molar-refractivity contribution in [1.29, 1.82) is 0 Å². The second kappa shape index (κ2) is 14.0. The van der Waals surface area contributed by atoms with E-state index in [0.717, 1.165) is 65.6 Å². The molecule has 3 atom stereocenters. The van der Waals surface area contributed by atoms with Gasteiger partial charge in [0.25, 0.3) is 11.8 Å². The summed E-state index contributed by atoms with van der Waals surface area (Å²) in [7, 11) is 0. The van der Waals surface area contributed by atoms with E-state index in [2.05, 4.69) is 81.8 Å². The lowest BCUT2D eigenvalue weighted by atomic mass is 9.69. The zero-order chi connectivity index (χ0) is 38.8. The number of aromatic hydroxyl groups is 1. The van der Waals surface area contributed by atoms with Gasteiger partial charge in [0.2, 0.25) is 11.8 Å². The molecule has 4 aliphatic heterocycles. The van der Waals surface area contributed by atoms with Crippen LogP contribution in [-0.4, -0.2) is 68.8 Å². The highest BCUT2D eigenvalue weighted by Gasteiger charge is 2.45. The van der Waals surface area contributed by atoms with Crippen molar-refractivity contribution in [3.63, 3.8) is 0 Å². The highest BCUT2D eigenvalue weighted by Crippen LogP contribution is 2.47. The second-order valence-corrected chi connectivity index (χ2v) is 15.9. The highest BCUT2D eigenvalue weighted by molar-refractivity contribution is 6.23. The number of rotatable bonds is 8. The van der Waals surface area contributed by atoms with Gasteiger partial charge in [-0.2, -0.15) is 0 Å².